The van der Waals surface area contributed by atoms with E-state index in [0.29, 0.717) is 25.2 Å². The van der Waals surface area contributed by atoms with Gasteiger partial charge in [-0.2, -0.15) is 5.10 Å². The van der Waals surface area contributed by atoms with Crippen LogP contribution in [0.25, 0.3) is 5.69 Å². The lowest BCUT2D eigenvalue weighted by Gasteiger charge is -2.19. The minimum absolute atomic E-state index is 0.159. The zero-order valence-electron chi connectivity index (χ0n) is 17.7. The van der Waals surface area contributed by atoms with Crippen molar-refractivity contribution in [2.24, 2.45) is 0 Å². The van der Waals surface area contributed by atoms with Crippen LogP contribution in [0.5, 0.6) is 0 Å². The summed E-state index contributed by atoms with van der Waals surface area (Å²) in [5.41, 5.74) is 4.33. The second-order valence-electron chi connectivity index (χ2n) is 8.36. The third-order valence-corrected chi connectivity index (χ3v) is 4.80. The summed E-state index contributed by atoms with van der Waals surface area (Å²) in [5, 5.41) is 10.3. The summed E-state index contributed by atoms with van der Waals surface area (Å²) in [7, 11) is 0. The molecule has 0 spiro atoms. The van der Waals surface area contributed by atoms with Gasteiger partial charge in [-0.1, -0.05) is 18.2 Å². The Hall–Kier alpha value is -2.83. The predicted octanol–water partition coefficient (Wildman–Crippen LogP) is 3.31. The minimum atomic E-state index is -0.519. The van der Waals surface area contributed by atoms with E-state index in [1.807, 2.05) is 43.7 Å². The van der Waals surface area contributed by atoms with Gasteiger partial charge in [0.05, 0.1) is 5.69 Å². The lowest BCUT2D eigenvalue weighted by Crippen LogP contribution is -2.34. The number of carbonyl (C=O) groups excluding carboxylic acids is 2. The van der Waals surface area contributed by atoms with Crippen LogP contribution in [0.15, 0.2) is 24.3 Å². The Bertz CT molecular complexity index is 896. The third-order valence-electron chi connectivity index (χ3n) is 4.80. The molecule has 3 rings (SSSR count). The predicted molar refractivity (Wildman–Crippen MR) is 112 cm³/mol. The SMILES string of the molecule is Cc1ccccc1-n1nc(C(=O)NCCCNC(=O)OC(C)(C)C)c2c1CCC2. The Labute approximate surface area is 171 Å². The van der Waals surface area contributed by atoms with E-state index in [4.69, 9.17) is 4.74 Å². The number of nitrogens with one attached hydrogen (secondary N) is 2. The monoisotopic (exact) mass is 398 g/mol. The van der Waals surface area contributed by atoms with Crippen molar-refractivity contribution in [3.8, 4) is 5.69 Å². The fourth-order valence-electron chi connectivity index (χ4n) is 3.50. The molecule has 1 aliphatic rings. The topological polar surface area (TPSA) is 85.3 Å². The van der Waals surface area contributed by atoms with Gasteiger partial charge < -0.3 is 15.4 Å². The Kier molecular flexibility index (Phi) is 6.25. The molecule has 0 aliphatic heterocycles. The summed E-state index contributed by atoms with van der Waals surface area (Å²) in [4.78, 5) is 24.4. The maximum absolute atomic E-state index is 12.7. The fraction of sp³-hybridized carbons (Fsp3) is 0.500. The number of aromatic nitrogens is 2. The highest BCUT2D eigenvalue weighted by atomic mass is 16.6. The molecule has 0 fully saturated rings. The molecule has 2 aromatic rings. The van der Waals surface area contributed by atoms with Gasteiger partial charge in [-0.15, -0.1) is 0 Å². The Morgan fingerprint density at radius 2 is 1.86 bits per heavy atom. The van der Waals surface area contributed by atoms with Crippen molar-refractivity contribution in [3.05, 3.63) is 46.8 Å². The third kappa shape index (κ3) is 5.16. The standard InChI is InChI=1S/C22H30N4O3/c1-15-9-5-6-11-17(15)26-18-12-7-10-16(18)19(25-26)20(27)23-13-8-14-24-21(28)29-22(2,3)4/h5-6,9,11H,7-8,10,12-14H2,1-4H3,(H,23,27)(H,24,28). The number of nitrogens with zero attached hydrogens (tertiary/aromatic N) is 2. The average molecular weight is 399 g/mol. The highest BCUT2D eigenvalue weighted by Gasteiger charge is 2.27. The van der Waals surface area contributed by atoms with E-state index in [1.54, 1.807) is 0 Å². The van der Waals surface area contributed by atoms with Crippen LogP contribution in [-0.4, -0.2) is 40.5 Å². The van der Waals surface area contributed by atoms with E-state index >= 15 is 0 Å². The van der Waals surface area contributed by atoms with Gasteiger partial charge in [-0.3, -0.25) is 4.79 Å². The maximum Gasteiger partial charge on any atom is 0.407 e. The first-order valence-electron chi connectivity index (χ1n) is 10.2. The normalized spacial score (nSPS) is 13.1. The largest absolute Gasteiger partial charge is 0.444 e. The molecule has 1 aromatic carbocycles. The molecule has 1 aromatic heterocycles. The number of rotatable bonds is 6. The molecular weight excluding hydrogens is 368 g/mol. The molecule has 7 heteroatoms. The second kappa shape index (κ2) is 8.68. The first kappa shape index (κ1) is 20.9. The molecule has 0 saturated heterocycles. The van der Waals surface area contributed by atoms with E-state index in [1.165, 1.54) is 0 Å². The van der Waals surface area contributed by atoms with Crippen LogP contribution in [-0.2, 0) is 17.6 Å². The van der Waals surface area contributed by atoms with Crippen LogP contribution in [0.1, 0.15) is 60.9 Å². The first-order valence-corrected chi connectivity index (χ1v) is 10.2. The number of carbonyl (C=O) groups is 2. The van der Waals surface area contributed by atoms with Gasteiger partial charge in [0.2, 0.25) is 0 Å². The summed E-state index contributed by atoms with van der Waals surface area (Å²) in [6.07, 6.45) is 3.03. The number of para-hydroxylation sites is 1. The van der Waals surface area contributed by atoms with Gasteiger partial charge in [-0.25, -0.2) is 9.48 Å². The molecule has 156 valence electrons. The molecule has 2 amide bonds. The van der Waals surface area contributed by atoms with Crippen molar-refractivity contribution in [2.75, 3.05) is 13.1 Å². The van der Waals surface area contributed by atoms with Gasteiger partial charge in [0, 0.05) is 24.3 Å². The van der Waals surface area contributed by atoms with Gasteiger partial charge in [-0.05, 0) is 65.0 Å². The van der Waals surface area contributed by atoms with E-state index < -0.39 is 11.7 Å². The van der Waals surface area contributed by atoms with Crippen molar-refractivity contribution in [1.82, 2.24) is 20.4 Å². The zero-order chi connectivity index (χ0) is 21.0. The minimum Gasteiger partial charge on any atom is -0.444 e. The molecule has 1 heterocycles. The summed E-state index contributed by atoms with van der Waals surface area (Å²) in [6.45, 7) is 8.41. The summed E-state index contributed by atoms with van der Waals surface area (Å²) in [5.74, 6) is -0.159. The molecule has 0 unspecified atom stereocenters. The van der Waals surface area contributed by atoms with Crippen LogP contribution in [0.3, 0.4) is 0 Å². The van der Waals surface area contributed by atoms with Gasteiger partial charge in [0.15, 0.2) is 5.69 Å². The van der Waals surface area contributed by atoms with Crippen LogP contribution in [0.4, 0.5) is 4.79 Å². The van der Waals surface area contributed by atoms with Crippen molar-refractivity contribution in [1.29, 1.82) is 0 Å². The molecule has 0 radical (unpaired) electrons. The molecular formula is C22H30N4O3. The second-order valence-corrected chi connectivity index (χ2v) is 8.36. The molecule has 0 saturated carbocycles. The van der Waals surface area contributed by atoms with Crippen molar-refractivity contribution in [3.63, 3.8) is 0 Å². The van der Waals surface area contributed by atoms with Crippen molar-refractivity contribution >= 4 is 12.0 Å². The lowest BCUT2D eigenvalue weighted by molar-refractivity contribution is 0.0527. The van der Waals surface area contributed by atoms with Crippen LogP contribution in [0.2, 0.25) is 0 Å². The molecule has 0 atom stereocenters. The number of ether oxygens (including phenoxy) is 1. The Morgan fingerprint density at radius 3 is 2.59 bits per heavy atom. The van der Waals surface area contributed by atoms with Gasteiger partial charge in [0.1, 0.15) is 5.60 Å². The Balaban J connectivity index is 1.58. The van der Waals surface area contributed by atoms with Crippen molar-refractivity contribution < 1.29 is 14.3 Å². The quantitative estimate of drug-likeness (QED) is 0.731. The van der Waals surface area contributed by atoms with E-state index in [0.717, 1.165) is 41.8 Å². The van der Waals surface area contributed by atoms with Crippen LogP contribution >= 0.6 is 0 Å². The van der Waals surface area contributed by atoms with E-state index in [9.17, 15) is 9.59 Å². The lowest BCUT2D eigenvalue weighted by atomic mass is 10.2. The number of fused-ring (bicyclic) bond motifs is 1. The summed E-state index contributed by atoms with van der Waals surface area (Å²) < 4.78 is 7.12. The van der Waals surface area contributed by atoms with Gasteiger partial charge >= 0.3 is 6.09 Å². The maximum atomic E-state index is 12.7. The highest BCUT2D eigenvalue weighted by molar-refractivity contribution is 5.94. The number of hydrogen-bond donors (Lipinski definition) is 2. The van der Waals surface area contributed by atoms with E-state index in [2.05, 4.69) is 28.7 Å². The van der Waals surface area contributed by atoms with Crippen LogP contribution < -0.4 is 10.6 Å². The zero-order valence-corrected chi connectivity index (χ0v) is 17.7. The van der Waals surface area contributed by atoms with Crippen LogP contribution in [0, 0.1) is 6.92 Å². The fourth-order valence-corrected chi connectivity index (χ4v) is 3.50. The molecule has 0 bridgehead atoms. The van der Waals surface area contributed by atoms with Crippen molar-refractivity contribution in [2.45, 2.75) is 59.0 Å². The summed E-state index contributed by atoms with van der Waals surface area (Å²) in [6, 6.07) is 8.07. The molecule has 1 aliphatic carbocycles. The molecule has 2 N–H and O–H groups in total. The molecule has 7 nitrogen and oxygen atoms in total. The number of amides is 2. The smallest absolute Gasteiger partial charge is 0.407 e. The first-order chi connectivity index (χ1) is 13.8. The number of benzene rings is 1. The summed E-state index contributed by atoms with van der Waals surface area (Å²) >= 11 is 0. The van der Waals surface area contributed by atoms with E-state index in [-0.39, 0.29) is 5.91 Å². The number of aryl methyl sites for hydroxylation is 1. The highest BCUT2D eigenvalue weighted by Crippen LogP contribution is 2.28. The molecule has 29 heavy (non-hydrogen) atoms. The number of hydrogen-bond acceptors (Lipinski definition) is 4. The average Bonchev–Trinajstić information content (AvgIpc) is 3.23. The van der Waals surface area contributed by atoms with Gasteiger partial charge in [0.25, 0.3) is 5.91 Å². The Morgan fingerprint density at radius 1 is 1.14 bits per heavy atom. The number of alkyl carbamates (subject to hydrolysis) is 1.